The van der Waals surface area contributed by atoms with Gasteiger partial charge in [0.05, 0.1) is 17.3 Å². The van der Waals surface area contributed by atoms with Gasteiger partial charge in [-0.1, -0.05) is 18.2 Å². The van der Waals surface area contributed by atoms with Gasteiger partial charge in [-0.05, 0) is 61.9 Å². The van der Waals surface area contributed by atoms with Gasteiger partial charge in [0.2, 0.25) is 5.91 Å². The number of nitrogens with zero attached hydrogens (tertiary/aromatic N) is 1. The van der Waals surface area contributed by atoms with Crippen LogP contribution in [0.1, 0.15) is 30.6 Å². The zero-order chi connectivity index (χ0) is 22.1. The number of anilines is 1. The van der Waals surface area contributed by atoms with E-state index in [9.17, 15) is 14.4 Å². The molecular formula is C23H26N4O3S. The molecule has 2 aliphatic rings. The average Bonchev–Trinajstić information content (AvgIpc) is 3.12. The Morgan fingerprint density at radius 1 is 1.13 bits per heavy atom. The number of carbonyl (C=O) groups is 3. The number of thioether (sulfide) groups is 1. The Labute approximate surface area is 186 Å². The maximum absolute atomic E-state index is 13.4. The lowest BCUT2D eigenvalue weighted by Crippen LogP contribution is -2.54. The molecule has 2 aliphatic heterocycles. The first-order valence-corrected chi connectivity index (χ1v) is 11.6. The molecule has 4 rings (SSSR count). The molecule has 8 heteroatoms. The van der Waals surface area contributed by atoms with Crippen LogP contribution in [0.5, 0.6) is 0 Å². The summed E-state index contributed by atoms with van der Waals surface area (Å²) in [6.07, 6.45) is 2.56. The molecule has 2 heterocycles. The molecule has 1 saturated heterocycles. The van der Waals surface area contributed by atoms with Gasteiger partial charge in [-0.25, -0.2) is 4.79 Å². The molecule has 0 bridgehead atoms. The van der Waals surface area contributed by atoms with Crippen molar-refractivity contribution in [2.24, 2.45) is 0 Å². The largest absolute Gasteiger partial charge is 0.336 e. The number of urea groups is 1. The Kier molecular flexibility index (Phi) is 5.91. The third kappa shape index (κ3) is 4.25. The predicted molar refractivity (Wildman–Crippen MR) is 122 cm³/mol. The van der Waals surface area contributed by atoms with E-state index < -0.39 is 12.1 Å². The van der Waals surface area contributed by atoms with Gasteiger partial charge in [0.25, 0.3) is 5.91 Å². The first-order valence-electron chi connectivity index (χ1n) is 10.3. The fourth-order valence-corrected chi connectivity index (χ4v) is 4.53. The third-order valence-electron chi connectivity index (χ3n) is 5.59. The highest BCUT2D eigenvalue weighted by molar-refractivity contribution is 7.98. The Bertz CT molecular complexity index is 1020. The minimum Gasteiger partial charge on any atom is -0.336 e. The van der Waals surface area contributed by atoms with Crippen molar-refractivity contribution in [3.63, 3.8) is 0 Å². The molecule has 0 radical (unpaired) electrons. The summed E-state index contributed by atoms with van der Waals surface area (Å²) in [6.45, 7) is 4.15. The van der Waals surface area contributed by atoms with Crippen molar-refractivity contribution in [3.8, 4) is 11.1 Å². The molecular weight excluding hydrogens is 412 g/mol. The Hall–Kier alpha value is -3.00. The fraction of sp³-hybridized carbons (Fsp3) is 0.348. The van der Waals surface area contributed by atoms with Crippen LogP contribution in [0.3, 0.4) is 0 Å². The lowest BCUT2D eigenvalue weighted by molar-refractivity contribution is -0.120. The van der Waals surface area contributed by atoms with Crippen LogP contribution in [0.25, 0.3) is 11.1 Å². The number of hydrogen-bond acceptors (Lipinski definition) is 4. The van der Waals surface area contributed by atoms with Crippen molar-refractivity contribution in [1.82, 2.24) is 15.5 Å². The van der Waals surface area contributed by atoms with Crippen LogP contribution in [0.2, 0.25) is 0 Å². The number of amides is 4. The summed E-state index contributed by atoms with van der Waals surface area (Å²) >= 11 is 1.67. The van der Waals surface area contributed by atoms with Gasteiger partial charge < -0.3 is 20.9 Å². The van der Waals surface area contributed by atoms with E-state index in [2.05, 4.69) is 16.0 Å². The molecule has 2 aromatic rings. The lowest BCUT2D eigenvalue weighted by Gasteiger charge is -2.25. The van der Waals surface area contributed by atoms with Gasteiger partial charge >= 0.3 is 6.03 Å². The minimum absolute atomic E-state index is 0.0187. The normalized spacial score (nSPS) is 20.1. The first-order chi connectivity index (χ1) is 14.9. The second kappa shape index (κ2) is 8.63. The molecule has 31 heavy (non-hydrogen) atoms. The molecule has 2 aromatic carbocycles. The second-order valence-corrected chi connectivity index (χ2v) is 8.97. The Morgan fingerprint density at radius 2 is 1.84 bits per heavy atom. The summed E-state index contributed by atoms with van der Waals surface area (Å²) in [4.78, 5) is 41.2. The van der Waals surface area contributed by atoms with E-state index in [0.29, 0.717) is 24.2 Å². The summed E-state index contributed by atoms with van der Waals surface area (Å²) in [5.41, 5.74) is 2.89. The zero-order valence-electron chi connectivity index (χ0n) is 17.8. The number of carbonyl (C=O) groups excluding carboxylic acids is 3. The Morgan fingerprint density at radius 3 is 2.52 bits per heavy atom. The highest BCUT2D eigenvalue weighted by Crippen LogP contribution is 2.32. The quantitative estimate of drug-likeness (QED) is 0.639. The molecule has 1 fully saturated rings. The first kappa shape index (κ1) is 21.2. The standard InChI is InChI=1S/C23H26N4O3S/c1-13(2)24-23(30)26-19-10-11-27-20(19)21(28)25-18-9-6-15(12-17(18)22(27)29)14-4-7-16(31-3)8-5-14/h4-9,12-13,19-20H,10-11H2,1-3H3,(H,25,28)(H2,24,26,30)/t19-,20+/m1/s1. The van der Waals surface area contributed by atoms with E-state index in [-0.39, 0.29) is 23.9 Å². The predicted octanol–water partition coefficient (Wildman–Crippen LogP) is 3.32. The molecule has 0 aliphatic carbocycles. The van der Waals surface area contributed by atoms with Crippen molar-refractivity contribution in [3.05, 3.63) is 48.0 Å². The van der Waals surface area contributed by atoms with Gasteiger partial charge in [0.15, 0.2) is 0 Å². The maximum atomic E-state index is 13.4. The molecule has 0 aromatic heterocycles. The topological polar surface area (TPSA) is 90.5 Å². The molecule has 162 valence electrons. The summed E-state index contributed by atoms with van der Waals surface area (Å²) in [7, 11) is 0. The van der Waals surface area contributed by atoms with Gasteiger partial charge in [0, 0.05) is 17.5 Å². The molecule has 2 atom stereocenters. The fourth-order valence-electron chi connectivity index (χ4n) is 4.12. The van der Waals surface area contributed by atoms with E-state index in [0.717, 1.165) is 11.1 Å². The van der Waals surface area contributed by atoms with Gasteiger partial charge in [0.1, 0.15) is 6.04 Å². The van der Waals surface area contributed by atoms with Gasteiger partial charge in [-0.15, -0.1) is 11.8 Å². The number of hydrogen-bond donors (Lipinski definition) is 3. The van der Waals surface area contributed by atoms with Gasteiger partial charge in [-0.2, -0.15) is 0 Å². The SMILES string of the molecule is CSc1ccc(-c2ccc3c(c2)C(=O)N2CC[C@@H](NC(=O)NC(C)C)[C@H]2C(=O)N3)cc1. The number of rotatable bonds is 4. The molecule has 0 spiro atoms. The second-order valence-electron chi connectivity index (χ2n) is 8.09. The number of nitrogens with one attached hydrogen (secondary N) is 3. The summed E-state index contributed by atoms with van der Waals surface area (Å²) in [6, 6.07) is 12.1. The summed E-state index contributed by atoms with van der Waals surface area (Å²) in [5, 5.41) is 8.52. The van der Waals surface area contributed by atoms with Crippen LogP contribution >= 0.6 is 11.8 Å². The van der Waals surface area contributed by atoms with E-state index in [4.69, 9.17) is 0 Å². The highest BCUT2D eigenvalue weighted by atomic mass is 32.2. The number of benzene rings is 2. The van der Waals surface area contributed by atoms with Crippen LogP contribution in [0.4, 0.5) is 10.5 Å². The van der Waals surface area contributed by atoms with Crippen LogP contribution in [-0.4, -0.2) is 53.7 Å². The molecule has 3 N–H and O–H groups in total. The van der Waals surface area contributed by atoms with Crippen molar-refractivity contribution in [1.29, 1.82) is 0 Å². The van der Waals surface area contributed by atoms with E-state index in [1.807, 2.05) is 56.5 Å². The van der Waals surface area contributed by atoms with Crippen molar-refractivity contribution < 1.29 is 14.4 Å². The van der Waals surface area contributed by atoms with E-state index in [1.54, 1.807) is 22.7 Å². The van der Waals surface area contributed by atoms with Crippen molar-refractivity contribution >= 4 is 35.3 Å². The zero-order valence-corrected chi connectivity index (χ0v) is 18.6. The van der Waals surface area contributed by atoms with E-state index in [1.165, 1.54) is 4.90 Å². The van der Waals surface area contributed by atoms with Crippen LogP contribution in [0.15, 0.2) is 47.4 Å². The maximum Gasteiger partial charge on any atom is 0.315 e. The van der Waals surface area contributed by atoms with Crippen LogP contribution in [-0.2, 0) is 4.79 Å². The number of fused-ring (bicyclic) bond motifs is 2. The third-order valence-corrected chi connectivity index (χ3v) is 6.34. The molecule has 7 nitrogen and oxygen atoms in total. The smallest absolute Gasteiger partial charge is 0.315 e. The lowest BCUT2D eigenvalue weighted by atomic mass is 10.0. The molecule has 0 saturated carbocycles. The highest BCUT2D eigenvalue weighted by Gasteiger charge is 2.45. The van der Waals surface area contributed by atoms with E-state index >= 15 is 0 Å². The van der Waals surface area contributed by atoms with Crippen LogP contribution < -0.4 is 16.0 Å². The average molecular weight is 439 g/mol. The van der Waals surface area contributed by atoms with Crippen LogP contribution in [0, 0.1) is 0 Å². The molecule has 4 amide bonds. The van der Waals surface area contributed by atoms with Crippen molar-refractivity contribution in [2.45, 2.75) is 43.3 Å². The summed E-state index contributed by atoms with van der Waals surface area (Å²) < 4.78 is 0. The molecule has 0 unspecified atom stereocenters. The van der Waals surface area contributed by atoms with Crippen molar-refractivity contribution in [2.75, 3.05) is 18.1 Å². The van der Waals surface area contributed by atoms with Gasteiger partial charge in [-0.3, -0.25) is 9.59 Å². The minimum atomic E-state index is -0.734. The monoisotopic (exact) mass is 438 g/mol. The summed E-state index contributed by atoms with van der Waals surface area (Å²) in [5.74, 6) is -0.481. The Balaban J connectivity index is 1.61.